The van der Waals surface area contributed by atoms with E-state index in [4.69, 9.17) is 5.26 Å². The molecule has 0 aliphatic heterocycles. The summed E-state index contributed by atoms with van der Waals surface area (Å²) in [5.74, 6) is 0.0844. The van der Waals surface area contributed by atoms with E-state index in [1.807, 2.05) is 42.5 Å². The van der Waals surface area contributed by atoms with E-state index in [1.54, 1.807) is 24.3 Å². The van der Waals surface area contributed by atoms with Crippen molar-refractivity contribution in [2.45, 2.75) is 18.6 Å². The molecule has 0 aliphatic rings. The maximum Gasteiger partial charge on any atom is 0.401 e. The van der Waals surface area contributed by atoms with E-state index < -0.39 is 18.8 Å². The van der Waals surface area contributed by atoms with Gasteiger partial charge in [0, 0.05) is 19.6 Å². The van der Waals surface area contributed by atoms with Crippen molar-refractivity contribution in [2.24, 2.45) is 0 Å². The number of carbonyl (C=O) groups excluding carboxylic acids is 1. The zero-order valence-electron chi connectivity index (χ0n) is 19.5. The number of carbonyl (C=O) groups is 1. The lowest BCUT2D eigenvalue weighted by atomic mass is 10.1. The number of anilines is 2. The lowest BCUT2D eigenvalue weighted by molar-refractivity contribution is -0.124. The summed E-state index contributed by atoms with van der Waals surface area (Å²) in [5, 5.41) is 20.3. The summed E-state index contributed by atoms with van der Waals surface area (Å²) < 4.78 is 36.5. The summed E-state index contributed by atoms with van der Waals surface area (Å²) in [7, 11) is 0. The van der Waals surface area contributed by atoms with Crippen LogP contribution in [0.2, 0.25) is 0 Å². The Morgan fingerprint density at radius 2 is 1.72 bits per heavy atom. The molecule has 0 spiro atoms. The highest BCUT2D eigenvalue weighted by Crippen LogP contribution is 2.17. The number of amides is 1. The molecule has 0 bridgehead atoms. The molecule has 1 amide bonds. The fourth-order valence-corrected chi connectivity index (χ4v) is 3.41. The molecule has 1 aromatic heterocycles. The van der Waals surface area contributed by atoms with Crippen LogP contribution < -0.4 is 21.3 Å². The first-order valence-electron chi connectivity index (χ1n) is 11.4. The average molecular weight is 497 g/mol. The van der Waals surface area contributed by atoms with Gasteiger partial charge in [0.15, 0.2) is 0 Å². The summed E-state index contributed by atoms with van der Waals surface area (Å²) in [5.41, 5.74) is 3.08. The maximum atomic E-state index is 13.1. The van der Waals surface area contributed by atoms with E-state index in [0.717, 1.165) is 11.1 Å². The average Bonchev–Trinajstić information content (AvgIpc) is 2.87. The summed E-state index contributed by atoms with van der Waals surface area (Å²) in [6, 6.07) is 21.5. The van der Waals surface area contributed by atoms with Gasteiger partial charge < -0.3 is 21.3 Å². The molecule has 0 fully saturated rings. The standard InChI is InChI=1S/C26H27F3N6O/c27-26(28,29)18-31-14-15-32-22-10-11-23(34-17-22)35-25(36)24(21-4-2-1-3-5-21)33-13-12-19-6-8-20(16-30)9-7-19/h1-11,17,24,31-33H,12-15,18H2,(H,34,35,36). The van der Waals surface area contributed by atoms with Gasteiger partial charge in [0.1, 0.15) is 11.9 Å². The van der Waals surface area contributed by atoms with Crippen LogP contribution in [0.25, 0.3) is 0 Å². The minimum Gasteiger partial charge on any atom is -0.383 e. The first kappa shape index (κ1) is 26.7. The van der Waals surface area contributed by atoms with E-state index in [9.17, 15) is 18.0 Å². The predicted octanol–water partition coefficient (Wildman–Crippen LogP) is 4.03. The number of nitrogens with zero attached hydrogens (tertiary/aromatic N) is 2. The van der Waals surface area contributed by atoms with Crippen LogP contribution in [0.5, 0.6) is 0 Å². The van der Waals surface area contributed by atoms with Crippen molar-refractivity contribution >= 4 is 17.4 Å². The van der Waals surface area contributed by atoms with Crippen LogP contribution in [-0.4, -0.2) is 43.2 Å². The molecule has 36 heavy (non-hydrogen) atoms. The van der Waals surface area contributed by atoms with Gasteiger partial charge in [-0.25, -0.2) is 4.98 Å². The highest BCUT2D eigenvalue weighted by molar-refractivity contribution is 5.94. The highest BCUT2D eigenvalue weighted by atomic mass is 19.4. The molecule has 1 heterocycles. The number of rotatable bonds is 12. The molecule has 1 unspecified atom stereocenters. The third kappa shape index (κ3) is 9.02. The number of aromatic nitrogens is 1. The second kappa shape index (κ2) is 13.2. The monoisotopic (exact) mass is 496 g/mol. The van der Waals surface area contributed by atoms with E-state index in [-0.39, 0.29) is 12.5 Å². The number of hydrogen-bond acceptors (Lipinski definition) is 6. The van der Waals surface area contributed by atoms with Crippen LogP contribution in [0.4, 0.5) is 24.7 Å². The van der Waals surface area contributed by atoms with Gasteiger partial charge in [-0.1, -0.05) is 42.5 Å². The lowest BCUT2D eigenvalue weighted by Crippen LogP contribution is -2.34. The zero-order valence-corrected chi connectivity index (χ0v) is 19.5. The SMILES string of the molecule is N#Cc1ccc(CCNC(C(=O)Nc2ccc(NCCNCC(F)(F)F)cn2)c2ccccc2)cc1. The Hall–Kier alpha value is -3.94. The second-order valence-corrected chi connectivity index (χ2v) is 8.00. The Labute approximate surface area is 207 Å². The van der Waals surface area contributed by atoms with Crippen LogP contribution in [0.15, 0.2) is 72.9 Å². The zero-order chi connectivity index (χ0) is 25.8. The molecule has 4 N–H and O–H groups in total. The molecular formula is C26H27F3N6O. The van der Waals surface area contributed by atoms with Crippen molar-refractivity contribution in [2.75, 3.05) is 36.8 Å². The van der Waals surface area contributed by atoms with E-state index >= 15 is 0 Å². The maximum absolute atomic E-state index is 13.1. The van der Waals surface area contributed by atoms with E-state index in [1.165, 1.54) is 6.20 Å². The minimum absolute atomic E-state index is 0.144. The predicted molar refractivity (Wildman–Crippen MR) is 132 cm³/mol. The Bertz CT molecular complexity index is 1130. The molecule has 3 rings (SSSR count). The van der Waals surface area contributed by atoms with Gasteiger partial charge in [-0.2, -0.15) is 18.4 Å². The Balaban J connectivity index is 1.53. The van der Waals surface area contributed by atoms with Crippen LogP contribution in [0, 0.1) is 11.3 Å². The number of pyridine rings is 1. The summed E-state index contributed by atoms with van der Waals surface area (Å²) in [6.07, 6.45) is -2.05. The molecule has 0 radical (unpaired) electrons. The quantitative estimate of drug-likeness (QED) is 0.283. The number of hydrogen-bond donors (Lipinski definition) is 4. The van der Waals surface area contributed by atoms with Crippen LogP contribution in [0.3, 0.4) is 0 Å². The molecular weight excluding hydrogens is 469 g/mol. The second-order valence-electron chi connectivity index (χ2n) is 8.00. The topological polar surface area (TPSA) is 102 Å². The summed E-state index contributed by atoms with van der Waals surface area (Å²) in [4.78, 5) is 17.3. The van der Waals surface area contributed by atoms with Gasteiger partial charge in [0.25, 0.3) is 0 Å². The molecule has 188 valence electrons. The number of nitrogens with one attached hydrogen (secondary N) is 4. The summed E-state index contributed by atoms with van der Waals surface area (Å²) >= 11 is 0. The Morgan fingerprint density at radius 1 is 0.972 bits per heavy atom. The number of halogens is 3. The molecule has 7 nitrogen and oxygen atoms in total. The van der Waals surface area contributed by atoms with Crippen molar-refractivity contribution < 1.29 is 18.0 Å². The number of nitriles is 1. The Kier molecular flexibility index (Phi) is 9.80. The van der Waals surface area contributed by atoms with Crippen molar-refractivity contribution in [1.29, 1.82) is 5.26 Å². The van der Waals surface area contributed by atoms with Crippen LogP contribution in [-0.2, 0) is 11.2 Å². The third-order valence-corrected chi connectivity index (χ3v) is 5.21. The van der Waals surface area contributed by atoms with Gasteiger partial charge in [-0.15, -0.1) is 0 Å². The smallest absolute Gasteiger partial charge is 0.383 e. The van der Waals surface area contributed by atoms with Gasteiger partial charge in [0.05, 0.1) is 30.1 Å². The minimum atomic E-state index is -4.24. The molecule has 3 aromatic rings. The fourth-order valence-electron chi connectivity index (χ4n) is 3.41. The first-order chi connectivity index (χ1) is 17.3. The van der Waals surface area contributed by atoms with Gasteiger partial charge in [-0.05, 0) is 41.8 Å². The molecule has 0 saturated heterocycles. The Morgan fingerprint density at radius 3 is 2.36 bits per heavy atom. The highest BCUT2D eigenvalue weighted by Gasteiger charge is 2.25. The molecule has 0 saturated carbocycles. The van der Waals surface area contributed by atoms with Crippen LogP contribution >= 0.6 is 0 Å². The van der Waals surface area contributed by atoms with E-state index in [0.29, 0.717) is 36.6 Å². The van der Waals surface area contributed by atoms with Crippen molar-refractivity contribution in [1.82, 2.24) is 15.6 Å². The number of benzene rings is 2. The van der Waals surface area contributed by atoms with Gasteiger partial charge in [-0.3, -0.25) is 4.79 Å². The third-order valence-electron chi connectivity index (χ3n) is 5.21. The molecule has 0 aliphatic carbocycles. The molecule has 2 aromatic carbocycles. The fraction of sp³-hybridized carbons (Fsp3) is 0.269. The van der Waals surface area contributed by atoms with Crippen molar-refractivity contribution in [3.05, 3.63) is 89.6 Å². The van der Waals surface area contributed by atoms with Gasteiger partial charge in [0.2, 0.25) is 5.91 Å². The van der Waals surface area contributed by atoms with Crippen molar-refractivity contribution in [3.8, 4) is 6.07 Å². The van der Waals surface area contributed by atoms with Gasteiger partial charge >= 0.3 is 6.18 Å². The molecule has 10 heteroatoms. The molecule has 1 atom stereocenters. The summed E-state index contributed by atoms with van der Waals surface area (Å²) in [6.45, 7) is -0.0624. The first-order valence-corrected chi connectivity index (χ1v) is 11.4. The normalized spacial score (nSPS) is 11.9. The van der Waals surface area contributed by atoms with Crippen molar-refractivity contribution in [3.63, 3.8) is 0 Å². The van der Waals surface area contributed by atoms with Crippen LogP contribution in [0.1, 0.15) is 22.7 Å². The van der Waals surface area contributed by atoms with E-state index in [2.05, 4.69) is 32.3 Å². The lowest BCUT2D eigenvalue weighted by Gasteiger charge is -2.19. The largest absolute Gasteiger partial charge is 0.401 e. The number of alkyl halides is 3.